The average molecular weight is 708 g/mol. The summed E-state index contributed by atoms with van der Waals surface area (Å²) in [5.74, 6) is 0.250. The van der Waals surface area contributed by atoms with Gasteiger partial charge in [0, 0.05) is 46.7 Å². The number of aliphatic hydroxyl groups is 1. The normalized spacial score (nSPS) is 11.6. The maximum Gasteiger partial charge on any atom is 0.316 e. The number of para-hydroxylation sites is 2. The molecule has 0 aliphatic carbocycles. The van der Waals surface area contributed by atoms with Crippen LogP contribution in [0.3, 0.4) is 0 Å². The van der Waals surface area contributed by atoms with Gasteiger partial charge >= 0.3 is 5.78 Å². The summed E-state index contributed by atoms with van der Waals surface area (Å²) in [6, 6.07) is 31.0. The van der Waals surface area contributed by atoms with Crippen LogP contribution in [0.15, 0.2) is 95.1 Å². The van der Waals surface area contributed by atoms with Crippen molar-refractivity contribution in [2.75, 3.05) is 0 Å². The summed E-state index contributed by atoms with van der Waals surface area (Å²) in [5.41, 5.74) is 5.76. The second kappa shape index (κ2) is 10.7. The first-order valence-electron chi connectivity index (χ1n) is 12.3. The van der Waals surface area contributed by atoms with Crippen molar-refractivity contribution in [3.63, 3.8) is 0 Å². The molecule has 2 N–H and O–H groups in total. The molecule has 39 heavy (non-hydrogen) atoms. The predicted octanol–water partition coefficient (Wildman–Crippen LogP) is 9.29. The molecule has 0 amide bonds. The number of allylic oxidation sites excluding steroid dienone is 2. The second-order valence-corrected chi connectivity index (χ2v) is 10.5. The van der Waals surface area contributed by atoms with E-state index in [0.29, 0.717) is 0 Å². The van der Waals surface area contributed by atoms with Crippen LogP contribution < -0.4 is 0 Å². The molecule has 3 heterocycles. The van der Waals surface area contributed by atoms with Gasteiger partial charge < -0.3 is 9.52 Å². The van der Waals surface area contributed by atoms with Crippen molar-refractivity contribution in [3.8, 4) is 11.3 Å². The number of hydrogen-bond donors (Lipinski definition) is 1. The van der Waals surface area contributed by atoms with E-state index in [2.05, 4.69) is 73.7 Å². The van der Waals surface area contributed by atoms with Gasteiger partial charge in [-0.3, -0.25) is 9.78 Å². The Bertz CT molecular complexity index is 2050. The summed E-state index contributed by atoms with van der Waals surface area (Å²) in [6.07, 6.45) is 1.28. The molecular weight excluding hydrogens is 683 g/mol. The van der Waals surface area contributed by atoms with Crippen LogP contribution in [0, 0.1) is 13.0 Å². The van der Waals surface area contributed by atoms with E-state index in [9.17, 15) is 0 Å². The molecule has 0 bridgehead atoms. The molecule has 0 fully saturated rings. The third-order valence-corrected chi connectivity index (χ3v) is 7.56. The quantitative estimate of drug-likeness (QED) is 0.0843. The van der Waals surface area contributed by atoms with E-state index in [1.54, 1.807) is 0 Å². The van der Waals surface area contributed by atoms with Crippen LogP contribution in [0.1, 0.15) is 19.4 Å². The summed E-state index contributed by atoms with van der Waals surface area (Å²) in [4.78, 5) is 13.4. The monoisotopic (exact) mass is 708 g/mol. The summed E-state index contributed by atoms with van der Waals surface area (Å²) in [6.45, 7) is 5.14. The number of fused-ring (bicyclic) bond motifs is 8. The fraction of sp³-hybridized carbons (Fsp3) is 0.0909. The van der Waals surface area contributed by atoms with Crippen LogP contribution >= 0.6 is 11.3 Å². The van der Waals surface area contributed by atoms with Crippen LogP contribution in [-0.4, -0.2) is 20.7 Å². The Hall–Kier alpha value is -3.83. The maximum atomic E-state index is 8.40. The van der Waals surface area contributed by atoms with Gasteiger partial charge in [0.2, 0.25) is 0 Å². The fourth-order valence-corrected chi connectivity index (χ4v) is 6.05. The Morgan fingerprint density at radius 3 is 2.41 bits per heavy atom. The predicted molar refractivity (Wildman–Crippen MR) is 160 cm³/mol. The Morgan fingerprint density at radius 2 is 1.67 bits per heavy atom. The van der Waals surface area contributed by atoms with E-state index in [-0.39, 0.29) is 31.6 Å². The SMILES string of the molecule is CC(=[OH+])/C=C(/C)O.Cc1ccc2c(c1)sc1c[c-]c(-c3nc4ccccc4c4c3oc3ccccc34)cc12.[Ir]. The summed E-state index contributed by atoms with van der Waals surface area (Å²) >= 11 is 1.81. The number of carbonyl (C=O) groups excluding carboxylic acids is 1. The minimum atomic E-state index is 0. The van der Waals surface area contributed by atoms with Gasteiger partial charge in [-0.2, -0.15) is 11.3 Å². The Balaban J connectivity index is 0.000000345. The molecule has 0 aliphatic rings. The molecule has 6 heteroatoms. The Kier molecular flexibility index (Phi) is 7.37. The van der Waals surface area contributed by atoms with Gasteiger partial charge in [-0.1, -0.05) is 53.9 Å². The standard InChI is InChI=1S/C28H16NOS.C5H8O2.Ir/c1-16-10-12-18-21-15-17(11-13-24(21)31-25(18)14-16)27-28-26(19-6-2-4-8-22(19)29-27)20-7-3-5-9-23(20)30-28;1-4(6)3-5(2)7;/h2-10,12-15H,1H3;3,6H,1-2H3;/q-1;;/p+1/b;4-3-;. The molecular formula is C33H25IrNO3S. The number of aryl methyl sites for hydroxylation is 1. The molecule has 4 aromatic carbocycles. The van der Waals surface area contributed by atoms with Crippen LogP contribution in [0.4, 0.5) is 0 Å². The first kappa shape index (κ1) is 26.8. The first-order valence-corrected chi connectivity index (χ1v) is 13.2. The van der Waals surface area contributed by atoms with Crippen molar-refractivity contribution in [2.24, 2.45) is 0 Å². The van der Waals surface area contributed by atoms with Gasteiger partial charge in [-0.05, 0) is 47.7 Å². The molecule has 7 aromatic rings. The van der Waals surface area contributed by atoms with Crippen molar-refractivity contribution < 1.29 is 34.4 Å². The van der Waals surface area contributed by atoms with Crippen LogP contribution in [0.5, 0.6) is 0 Å². The van der Waals surface area contributed by atoms with Crippen LogP contribution in [-0.2, 0) is 20.1 Å². The van der Waals surface area contributed by atoms with Gasteiger partial charge in [-0.15, -0.1) is 23.8 Å². The molecule has 0 saturated heterocycles. The Labute approximate surface area is 242 Å². The smallest absolute Gasteiger partial charge is 0.316 e. The molecule has 0 saturated carbocycles. The number of furan rings is 1. The minimum Gasteiger partial charge on any atom is -0.512 e. The second-order valence-electron chi connectivity index (χ2n) is 9.43. The third kappa shape index (κ3) is 4.99. The molecule has 195 valence electrons. The zero-order valence-corrected chi connectivity index (χ0v) is 24.8. The van der Waals surface area contributed by atoms with E-state index >= 15 is 0 Å². The summed E-state index contributed by atoms with van der Waals surface area (Å²) in [5, 5.41) is 14.3. The minimum absolute atomic E-state index is 0. The molecule has 0 atom stereocenters. The summed E-state index contributed by atoms with van der Waals surface area (Å²) < 4.78 is 8.91. The zero-order chi connectivity index (χ0) is 26.4. The number of pyridine rings is 1. The molecule has 4 nitrogen and oxygen atoms in total. The first-order chi connectivity index (χ1) is 18.4. The number of ketones is 1. The number of hydrogen-bond acceptors (Lipinski definition) is 4. The van der Waals surface area contributed by atoms with E-state index in [4.69, 9.17) is 19.3 Å². The fourth-order valence-electron chi connectivity index (χ4n) is 4.88. The third-order valence-electron chi connectivity index (χ3n) is 6.45. The topological polar surface area (TPSA) is 67.7 Å². The van der Waals surface area contributed by atoms with Crippen LogP contribution in [0.2, 0.25) is 0 Å². The Morgan fingerprint density at radius 1 is 0.923 bits per heavy atom. The van der Waals surface area contributed by atoms with Crippen molar-refractivity contribution >= 4 is 70.1 Å². The van der Waals surface area contributed by atoms with Crippen LogP contribution in [0.25, 0.3) is 64.3 Å². The molecule has 0 spiro atoms. The van der Waals surface area contributed by atoms with Gasteiger partial charge in [0.15, 0.2) is 0 Å². The van der Waals surface area contributed by atoms with Gasteiger partial charge in [0.05, 0.1) is 24.3 Å². The molecule has 0 aliphatic heterocycles. The van der Waals surface area contributed by atoms with Gasteiger partial charge in [-0.25, -0.2) is 0 Å². The molecule has 7 rings (SSSR count). The van der Waals surface area contributed by atoms with E-state index in [1.807, 2.05) is 29.5 Å². The summed E-state index contributed by atoms with van der Waals surface area (Å²) in [7, 11) is 0. The molecule has 1 radical (unpaired) electrons. The number of nitrogens with zero attached hydrogens (tertiary/aromatic N) is 1. The number of rotatable bonds is 2. The number of aliphatic hydroxyl groups excluding tert-OH is 1. The van der Waals surface area contributed by atoms with Crippen molar-refractivity contribution in [3.05, 3.63) is 102 Å². The van der Waals surface area contributed by atoms with E-state index in [0.717, 1.165) is 44.1 Å². The zero-order valence-electron chi connectivity index (χ0n) is 21.6. The number of aromatic nitrogens is 1. The van der Waals surface area contributed by atoms with Crippen molar-refractivity contribution in [1.82, 2.24) is 4.98 Å². The van der Waals surface area contributed by atoms with Gasteiger partial charge in [0.25, 0.3) is 0 Å². The van der Waals surface area contributed by atoms with Crippen molar-refractivity contribution in [2.45, 2.75) is 20.8 Å². The maximum absolute atomic E-state index is 8.40. The van der Waals surface area contributed by atoms with Gasteiger partial charge in [0.1, 0.15) is 11.2 Å². The van der Waals surface area contributed by atoms with Crippen molar-refractivity contribution in [1.29, 1.82) is 0 Å². The van der Waals surface area contributed by atoms with E-state index in [1.165, 1.54) is 45.7 Å². The molecule has 0 unspecified atom stereocenters. The number of benzene rings is 4. The average Bonchev–Trinajstić information content (AvgIpc) is 3.45. The largest absolute Gasteiger partial charge is 0.512 e. The van der Waals surface area contributed by atoms with E-state index < -0.39 is 0 Å². The number of thiophene rings is 1. The molecule has 3 aromatic heterocycles.